The Morgan fingerprint density at radius 2 is 1.71 bits per heavy atom. The molecule has 1 unspecified atom stereocenters. The van der Waals surface area contributed by atoms with Gasteiger partial charge < -0.3 is 10.0 Å². The Kier molecular flexibility index (Phi) is 5.96. The van der Waals surface area contributed by atoms with E-state index in [2.05, 4.69) is 0 Å². The monoisotopic (exact) mass is 451 g/mol. The third-order valence-electron chi connectivity index (χ3n) is 5.29. The Bertz CT molecular complexity index is 1180. The molecule has 4 nitrogen and oxygen atoms in total. The van der Waals surface area contributed by atoms with E-state index in [9.17, 15) is 14.7 Å². The highest BCUT2D eigenvalue weighted by atomic mass is 35.5. The van der Waals surface area contributed by atoms with E-state index in [4.69, 9.17) is 23.2 Å². The van der Waals surface area contributed by atoms with E-state index >= 15 is 0 Å². The van der Waals surface area contributed by atoms with Crippen molar-refractivity contribution >= 4 is 46.7 Å². The number of fused-ring (bicyclic) bond motifs is 1. The molecule has 0 bridgehead atoms. The van der Waals surface area contributed by atoms with Gasteiger partial charge in [0.05, 0.1) is 17.1 Å². The van der Waals surface area contributed by atoms with Gasteiger partial charge in [-0.3, -0.25) is 9.59 Å². The summed E-state index contributed by atoms with van der Waals surface area (Å²) in [7, 11) is 0. The van der Waals surface area contributed by atoms with E-state index in [1.165, 1.54) is 17.0 Å². The van der Waals surface area contributed by atoms with Crippen LogP contribution in [-0.2, 0) is 10.4 Å². The lowest BCUT2D eigenvalue weighted by atomic mass is 9.88. The molecule has 1 aliphatic heterocycles. The van der Waals surface area contributed by atoms with Crippen molar-refractivity contribution in [1.29, 1.82) is 0 Å². The molecule has 0 saturated heterocycles. The van der Waals surface area contributed by atoms with Crippen molar-refractivity contribution in [3.05, 3.63) is 106 Å². The number of benzene rings is 3. The van der Waals surface area contributed by atoms with Crippen molar-refractivity contribution in [2.75, 3.05) is 11.4 Å². The molecule has 0 aromatic heterocycles. The summed E-state index contributed by atoms with van der Waals surface area (Å²) >= 11 is 12.1. The zero-order valence-corrected chi connectivity index (χ0v) is 18.0. The van der Waals surface area contributed by atoms with Crippen molar-refractivity contribution in [2.45, 2.75) is 12.0 Å². The number of ketones is 1. The quantitative estimate of drug-likeness (QED) is 0.502. The van der Waals surface area contributed by atoms with Crippen LogP contribution in [0, 0.1) is 0 Å². The van der Waals surface area contributed by atoms with Crippen LogP contribution < -0.4 is 4.90 Å². The predicted octanol–water partition coefficient (Wildman–Crippen LogP) is 5.51. The van der Waals surface area contributed by atoms with E-state index in [1.807, 2.05) is 42.5 Å². The average Bonchev–Trinajstić information content (AvgIpc) is 2.96. The number of rotatable bonds is 6. The van der Waals surface area contributed by atoms with E-state index < -0.39 is 23.7 Å². The molecule has 1 N–H and O–H groups in total. The van der Waals surface area contributed by atoms with Gasteiger partial charge in [-0.05, 0) is 29.8 Å². The number of halogens is 2. The Labute approximate surface area is 190 Å². The van der Waals surface area contributed by atoms with Gasteiger partial charge in [-0.2, -0.15) is 0 Å². The average molecular weight is 452 g/mol. The number of hydrogen-bond donors (Lipinski definition) is 1. The van der Waals surface area contributed by atoms with Crippen LogP contribution in [0.3, 0.4) is 0 Å². The van der Waals surface area contributed by atoms with Crippen LogP contribution in [0.1, 0.15) is 27.9 Å². The second-order valence-electron chi connectivity index (χ2n) is 7.33. The smallest absolute Gasteiger partial charge is 0.264 e. The fourth-order valence-electron chi connectivity index (χ4n) is 3.76. The molecule has 0 saturated carbocycles. The lowest BCUT2D eigenvalue weighted by Crippen LogP contribution is -2.42. The van der Waals surface area contributed by atoms with Crippen LogP contribution in [0.2, 0.25) is 10.0 Å². The summed E-state index contributed by atoms with van der Waals surface area (Å²) < 4.78 is 0. The maximum atomic E-state index is 13.3. The Hall–Kier alpha value is -2.92. The molecular weight excluding hydrogens is 433 g/mol. The minimum absolute atomic E-state index is 0.183. The number of carbonyl (C=O) groups excluding carboxylic acids is 2. The molecule has 1 heterocycles. The van der Waals surface area contributed by atoms with Gasteiger partial charge in [-0.25, -0.2) is 0 Å². The zero-order valence-electron chi connectivity index (χ0n) is 16.5. The summed E-state index contributed by atoms with van der Waals surface area (Å²) in [5.41, 5.74) is 0.253. The topological polar surface area (TPSA) is 57.6 Å². The van der Waals surface area contributed by atoms with Crippen LogP contribution >= 0.6 is 23.2 Å². The molecule has 156 valence electrons. The highest BCUT2D eigenvalue weighted by Crippen LogP contribution is 2.43. The van der Waals surface area contributed by atoms with Gasteiger partial charge in [0.25, 0.3) is 5.91 Å². The molecule has 0 spiro atoms. The number of aliphatic hydroxyl groups is 1. The summed E-state index contributed by atoms with van der Waals surface area (Å²) in [6.07, 6.45) is 3.35. The van der Waals surface area contributed by atoms with Gasteiger partial charge in [0.15, 0.2) is 11.4 Å². The summed E-state index contributed by atoms with van der Waals surface area (Å²) in [6.45, 7) is 0.267. The molecule has 6 heteroatoms. The number of Topliss-reactive ketones (excluding diaryl/α,β-unsaturated/α-hetero) is 1. The molecule has 1 atom stereocenters. The van der Waals surface area contributed by atoms with Crippen LogP contribution in [-0.4, -0.2) is 23.3 Å². The van der Waals surface area contributed by atoms with Gasteiger partial charge in [-0.15, -0.1) is 0 Å². The van der Waals surface area contributed by atoms with Gasteiger partial charge in [-0.1, -0.05) is 83.9 Å². The van der Waals surface area contributed by atoms with Gasteiger partial charge in [0.1, 0.15) is 0 Å². The molecule has 31 heavy (non-hydrogen) atoms. The molecule has 0 aliphatic carbocycles. The first-order valence-electron chi connectivity index (χ1n) is 9.74. The number of para-hydroxylation sites is 1. The molecule has 4 rings (SSSR count). The predicted molar refractivity (Wildman–Crippen MR) is 124 cm³/mol. The van der Waals surface area contributed by atoms with E-state index in [1.54, 1.807) is 30.3 Å². The third kappa shape index (κ3) is 4.15. The van der Waals surface area contributed by atoms with E-state index in [0.717, 1.165) is 5.56 Å². The number of nitrogens with zero attached hydrogens (tertiary/aromatic N) is 1. The van der Waals surface area contributed by atoms with Crippen LogP contribution in [0.25, 0.3) is 6.08 Å². The fourth-order valence-corrected chi connectivity index (χ4v) is 4.27. The first-order valence-corrected chi connectivity index (χ1v) is 10.5. The first kappa shape index (κ1) is 21.3. The number of anilines is 1. The van der Waals surface area contributed by atoms with Crippen LogP contribution in [0.15, 0.2) is 78.9 Å². The van der Waals surface area contributed by atoms with Crippen molar-refractivity contribution < 1.29 is 14.7 Å². The summed E-state index contributed by atoms with van der Waals surface area (Å²) in [5.74, 6) is -0.973. The number of carbonyl (C=O) groups is 2. The SMILES string of the molecule is O=C(CC1(O)C(=O)N(C/C=C/c2ccccc2)c2ccccc21)c1ccc(Cl)cc1Cl. The summed E-state index contributed by atoms with van der Waals surface area (Å²) in [5, 5.41) is 12.0. The van der Waals surface area contributed by atoms with E-state index in [-0.39, 0.29) is 17.1 Å². The molecular formula is C25H19Cl2NO3. The lowest BCUT2D eigenvalue weighted by Gasteiger charge is -2.22. The second-order valence-corrected chi connectivity index (χ2v) is 8.17. The maximum absolute atomic E-state index is 13.3. The third-order valence-corrected chi connectivity index (χ3v) is 5.83. The Balaban J connectivity index is 1.61. The van der Waals surface area contributed by atoms with Crippen molar-refractivity contribution in [3.63, 3.8) is 0 Å². The Morgan fingerprint density at radius 3 is 2.45 bits per heavy atom. The normalized spacial score (nSPS) is 17.9. The lowest BCUT2D eigenvalue weighted by molar-refractivity contribution is -0.135. The zero-order chi connectivity index (χ0) is 22.0. The Morgan fingerprint density at radius 1 is 1.00 bits per heavy atom. The molecule has 3 aromatic rings. The highest BCUT2D eigenvalue weighted by Gasteiger charge is 2.50. The highest BCUT2D eigenvalue weighted by molar-refractivity contribution is 6.37. The van der Waals surface area contributed by atoms with E-state index in [0.29, 0.717) is 16.3 Å². The van der Waals surface area contributed by atoms with Crippen LogP contribution in [0.4, 0.5) is 5.69 Å². The molecule has 1 aliphatic rings. The van der Waals surface area contributed by atoms with Crippen molar-refractivity contribution in [3.8, 4) is 0 Å². The number of amides is 1. The van der Waals surface area contributed by atoms with Gasteiger partial charge in [0.2, 0.25) is 0 Å². The standard InChI is InChI=1S/C25H19Cl2NO3/c26-18-12-13-19(21(27)15-18)23(29)16-25(31)20-10-4-5-11-22(20)28(24(25)30)14-6-9-17-7-2-1-3-8-17/h1-13,15,31H,14,16H2/b9-6+. The molecule has 3 aromatic carbocycles. The number of hydrogen-bond acceptors (Lipinski definition) is 3. The maximum Gasteiger partial charge on any atom is 0.264 e. The van der Waals surface area contributed by atoms with Gasteiger partial charge >= 0.3 is 0 Å². The molecule has 0 fully saturated rings. The largest absolute Gasteiger partial charge is 0.375 e. The molecule has 0 radical (unpaired) electrons. The van der Waals surface area contributed by atoms with Gasteiger partial charge in [0, 0.05) is 22.7 Å². The summed E-state index contributed by atoms with van der Waals surface area (Å²) in [4.78, 5) is 27.7. The van der Waals surface area contributed by atoms with Crippen LogP contribution in [0.5, 0.6) is 0 Å². The van der Waals surface area contributed by atoms with Crippen molar-refractivity contribution in [2.24, 2.45) is 0 Å². The minimum atomic E-state index is -1.96. The fraction of sp³-hybridized carbons (Fsp3) is 0.120. The molecule has 1 amide bonds. The summed E-state index contributed by atoms with van der Waals surface area (Å²) in [6, 6.07) is 21.2. The minimum Gasteiger partial charge on any atom is -0.375 e. The first-order chi connectivity index (χ1) is 14.9. The second kappa shape index (κ2) is 8.67. The van der Waals surface area contributed by atoms with Crippen molar-refractivity contribution in [1.82, 2.24) is 0 Å².